The molecule has 5 nitrogen and oxygen atoms in total. The minimum atomic E-state index is -0.280. The van der Waals surface area contributed by atoms with Gasteiger partial charge < -0.3 is 10.2 Å². The van der Waals surface area contributed by atoms with Crippen LogP contribution in [0.4, 0.5) is 11.4 Å². The second-order valence-electron chi connectivity index (χ2n) is 5.94. The standard InChI is InChI=1S/C15H21N3O2/c1-3-14-13-8-16-7-11(13)9-17(14)12-5-4-10(2)15(6-12)18(19)20/h4-6,11,13-14,16H,3,7-9H2,1-2H3. The molecule has 0 radical (unpaired) electrons. The number of fused-ring (bicyclic) bond motifs is 1. The molecule has 2 aliphatic rings. The molecule has 3 unspecified atom stereocenters. The van der Waals surface area contributed by atoms with Gasteiger partial charge in [0.1, 0.15) is 0 Å². The van der Waals surface area contributed by atoms with Gasteiger partial charge in [-0.1, -0.05) is 13.0 Å². The van der Waals surface area contributed by atoms with Crippen LogP contribution in [0.3, 0.4) is 0 Å². The average molecular weight is 275 g/mol. The molecule has 1 N–H and O–H groups in total. The van der Waals surface area contributed by atoms with Crippen molar-refractivity contribution in [3.8, 4) is 0 Å². The van der Waals surface area contributed by atoms with Crippen LogP contribution in [0.15, 0.2) is 18.2 Å². The van der Waals surface area contributed by atoms with Crippen LogP contribution in [0.25, 0.3) is 0 Å². The van der Waals surface area contributed by atoms with Gasteiger partial charge in [-0.2, -0.15) is 0 Å². The number of nitrogens with zero attached hydrogens (tertiary/aromatic N) is 2. The fraction of sp³-hybridized carbons (Fsp3) is 0.600. The molecule has 1 aromatic carbocycles. The summed E-state index contributed by atoms with van der Waals surface area (Å²) in [7, 11) is 0. The van der Waals surface area contributed by atoms with Crippen molar-refractivity contribution >= 4 is 11.4 Å². The number of anilines is 1. The van der Waals surface area contributed by atoms with E-state index < -0.39 is 0 Å². The first-order valence-electron chi connectivity index (χ1n) is 7.34. The summed E-state index contributed by atoms with van der Waals surface area (Å²) in [5, 5.41) is 14.6. The van der Waals surface area contributed by atoms with Crippen LogP contribution in [0.1, 0.15) is 18.9 Å². The van der Waals surface area contributed by atoms with E-state index in [1.54, 1.807) is 13.0 Å². The molecule has 1 aromatic rings. The molecule has 0 amide bonds. The molecule has 108 valence electrons. The zero-order valence-electron chi connectivity index (χ0n) is 12.0. The van der Waals surface area contributed by atoms with Gasteiger partial charge in [0.05, 0.1) is 4.92 Å². The van der Waals surface area contributed by atoms with Crippen LogP contribution in [0.5, 0.6) is 0 Å². The zero-order chi connectivity index (χ0) is 14.3. The van der Waals surface area contributed by atoms with Crippen LogP contribution >= 0.6 is 0 Å². The van der Waals surface area contributed by atoms with Gasteiger partial charge in [-0.25, -0.2) is 0 Å². The Labute approximate surface area is 119 Å². The number of rotatable bonds is 3. The molecule has 2 aliphatic heterocycles. The highest BCUT2D eigenvalue weighted by Gasteiger charge is 2.43. The van der Waals surface area contributed by atoms with Crippen molar-refractivity contribution in [2.75, 3.05) is 24.5 Å². The minimum absolute atomic E-state index is 0.229. The van der Waals surface area contributed by atoms with Crippen molar-refractivity contribution in [3.63, 3.8) is 0 Å². The summed E-state index contributed by atoms with van der Waals surface area (Å²) in [6.45, 7) is 7.17. The van der Waals surface area contributed by atoms with E-state index in [4.69, 9.17) is 0 Å². The first-order valence-corrected chi connectivity index (χ1v) is 7.34. The van der Waals surface area contributed by atoms with Crippen LogP contribution in [-0.2, 0) is 0 Å². The summed E-state index contributed by atoms with van der Waals surface area (Å²) >= 11 is 0. The predicted octanol–water partition coefficient (Wildman–Crippen LogP) is 2.34. The average Bonchev–Trinajstić information content (AvgIpc) is 2.98. The van der Waals surface area contributed by atoms with E-state index in [9.17, 15) is 10.1 Å². The van der Waals surface area contributed by atoms with Crippen molar-refractivity contribution in [1.82, 2.24) is 5.32 Å². The summed E-state index contributed by atoms with van der Waals surface area (Å²) in [5.74, 6) is 1.36. The number of nitrogens with one attached hydrogen (secondary N) is 1. The van der Waals surface area contributed by atoms with Gasteiger partial charge in [0.25, 0.3) is 5.69 Å². The lowest BCUT2D eigenvalue weighted by Gasteiger charge is -2.29. The Kier molecular flexibility index (Phi) is 3.38. The molecule has 0 bridgehead atoms. The van der Waals surface area contributed by atoms with E-state index in [2.05, 4.69) is 17.1 Å². The summed E-state index contributed by atoms with van der Waals surface area (Å²) in [6.07, 6.45) is 1.09. The SMILES string of the molecule is CCC1C2CNCC2CN1c1ccc(C)c([N+](=O)[O-])c1. The van der Waals surface area contributed by atoms with E-state index in [0.717, 1.165) is 37.3 Å². The van der Waals surface area contributed by atoms with Crippen LogP contribution < -0.4 is 10.2 Å². The molecule has 0 spiro atoms. The number of hydrogen-bond donors (Lipinski definition) is 1. The summed E-state index contributed by atoms with van der Waals surface area (Å²) in [5.41, 5.74) is 1.96. The van der Waals surface area contributed by atoms with Crippen molar-refractivity contribution < 1.29 is 4.92 Å². The summed E-state index contributed by atoms with van der Waals surface area (Å²) in [4.78, 5) is 13.2. The molecular weight excluding hydrogens is 254 g/mol. The van der Waals surface area contributed by atoms with Crippen molar-refractivity contribution in [3.05, 3.63) is 33.9 Å². The van der Waals surface area contributed by atoms with Gasteiger partial charge in [-0.05, 0) is 31.2 Å². The van der Waals surface area contributed by atoms with Crippen LogP contribution in [-0.4, -0.2) is 30.6 Å². The van der Waals surface area contributed by atoms with Crippen molar-refractivity contribution in [1.29, 1.82) is 0 Å². The molecule has 3 atom stereocenters. The van der Waals surface area contributed by atoms with Gasteiger partial charge in [0.15, 0.2) is 0 Å². The zero-order valence-corrected chi connectivity index (χ0v) is 12.0. The first-order chi connectivity index (χ1) is 9.61. The van der Waals surface area contributed by atoms with Gasteiger partial charge in [0.2, 0.25) is 0 Å². The third-order valence-electron chi connectivity index (χ3n) is 4.86. The molecule has 2 heterocycles. The third kappa shape index (κ3) is 2.06. The lowest BCUT2D eigenvalue weighted by Crippen LogP contribution is -2.35. The molecule has 3 rings (SSSR count). The number of benzene rings is 1. The number of aryl methyl sites for hydroxylation is 1. The van der Waals surface area contributed by atoms with E-state index in [0.29, 0.717) is 17.9 Å². The molecule has 20 heavy (non-hydrogen) atoms. The second-order valence-corrected chi connectivity index (χ2v) is 5.94. The number of hydrogen-bond acceptors (Lipinski definition) is 4. The fourth-order valence-electron chi connectivity index (χ4n) is 3.82. The van der Waals surface area contributed by atoms with Gasteiger partial charge >= 0.3 is 0 Å². The van der Waals surface area contributed by atoms with Crippen molar-refractivity contribution in [2.45, 2.75) is 26.3 Å². The Balaban J connectivity index is 1.93. The lowest BCUT2D eigenvalue weighted by molar-refractivity contribution is -0.385. The molecule has 2 saturated heterocycles. The van der Waals surface area contributed by atoms with E-state index in [-0.39, 0.29) is 10.6 Å². The highest BCUT2D eigenvalue weighted by atomic mass is 16.6. The van der Waals surface area contributed by atoms with Crippen LogP contribution in [0.2, 0.25) is 0 Å². The Bertz CT molecular complexity index is 532. The Hall–Kier alpha value is -1.62. The maximum atomic E-state index is 11.1. The molecule has 5 heteroatoms. The van der Waals surface area contributed by atoms with Crippen molar-refractivity contribution in [2.24, 2.45) is 11.8 Å². The monoisotopic (exact) mass is 275 g/mol. The molecule has 0 aromatic heterocycles. The normalized spacial score (nSPS) is 28.7. The lowest BCUT2D eigenvalue weighted by atomic mass is 9.93. The molecule has 0 saturated carbocycles. The third-order valence-corrected chi connectivity index (χ3v) is 4.86. The maximum absolute atomic E-state index is 11.1. The number of nitro benzene ring substituents is 1. The quantitative estimate of drug-likeness (QED) is 0.679. The topological polar surface area (TPSA) is 58.4 Å². The van der Waals surface area contributed by atoms with Gasteiger partial charge in [-0.3, -0.25) is 10.1 Å². The van der Waals surface area contributed by atoms with E-state index in [1.165, 1.54) is 0 Å². The van der Waals surface area contributed by atoms with Gasteiger partial charge in [-0.15, -0.1) is 0 Å². The Morgan fingerprint density at radius 1 is 1.45 bits per heavy atom. The molecule has 0 aliphatic carbocycles. The highest BCUT2D eigenvalue weighted by molar-refractivity contribution is 5.58. The van der Waals surface area contributed by atoms with Gasteiger partial charge in [0, 0.05) is 43.0 Å². The van der Waals surface area contributed by atoms with E-state index >= 15 is 0 Å². The number of nitro groups is 1. The second kappa shape index (κ2) is 5.05. The molecule has 2 fully saturated rings. The largest absolute Gasteiger partial charge is 0.368 e. The minimum Gasteiger partial charge on any atom is -0.368 e. The molecular formula is C15H21N3O2. The predicted molar refractivity (Wildman–Crippen MR) is 79.1 cm³/mol. The first kappa shape index (κ1) is 13.4. The van der Waals surface area contributed by atoms with Crippen LogP contribution in [0, 0.1) is 28.9 Å². The highest BCUT2D eigenvalue weighted by Crippen LogP contribution is 2.38. The Morgan fingerprint density at radius 3 is 2.95 bits per heavy atom. The Morgan fingerprint density at radius 2 is 2.25 bits per heavy atom. The summed E-state index contributed by atoms with van der Waals surface area (Å²) in [6, 6.07) is 6.13. The van der Waals surface area contributed by atoms with E-state index in [1.807, 2.05) is 12.1 Å². The smallest absolute Gasteiger partial charge is 0.274 e. The fourth-order valence-corrected chi connectivity index (χ4v) is 3.82. The maximum Gasteiger partial charge on any atom is 0.274 e. The summed E-state index contributed by atoms with van der Waals surface area (Å²) < 4.78 is 0.